The van der Waals surface area contributed by atoms with Gasteiger partial charge in [0.2, 0.25) is 0 Å². The van der Waals surface area contributed by atoms with Crippen molar-refractivity contribution in [2.24, 2.45) is 0 Å². The highest BCUT2D eigenvalue weighted by Gasteiger charge is 1.99. The molecule has 2 aromatic rings. The maximum absolute atomic E-state index is 5.80. The van der Waals surface area contributed by atoms with E-state index in [9.17, 15) is 0 Å². The summed E-state index contributed by atoms with van der Waals surface area (Å²) in [5.74, 6) is 0.834. The summed E-state index contributed by atoms with van der Waals surface area (Å²) in [4.78, 5) is 0. The first-order chi connectivity index (χ1) is 5.29. The predicted molar refractivity (Wildman–Crippen MR) is 46.5 cm³/mol. The van der Waals surface area contributed by atoms with Crippen molar-refractivity contribution < 1.29 is 0 Å². The quantitative estimate of drug-likeness (QED) is 0.603. The summed E-state index contributed by atoms with van der Waals surface area (Å²) in [6.45, 7) is 2.02. The molecule has 2 nitrogen and oxygen atoms in total. The molecule has 0 saturated carbocycles. The minimum Gasteiger partial charge on any atom is -0.385 e. The van der Waals surface area contributed by atoms with Gasteiger partial charge in [0.1, 0.15) is 5.82 Å². The van der Waals surface area contributed by atoms with Crippen molar-refractivity contribution in [3.63, 3.8) is 0 Å². The number of aromatic nitrogens is 1. The Labute approximate surface area is 65.3 Å². The largest absolute Gasteiger partial charge is 0.385 e. The number of fused-ring (bicyclic) bond motifs is 1. The number of hydrogen-bond donors (Lipinski definition) is 1. The Hall–Kier alpha value is -1.44. The van der Waals surface area contributed by atoms with E-state index in [1.54, 1.807) is 0 Å². The van der Waals surface area contributed by atoms with Crippen LogP contribution in [-0.4, -0.2) is 4.40 Å². The fourth-order valence-electron chi connectivity index (χ4n) is 1.28. The third-order valence-electron chi connectivity index (χ3n) is 1.92. The molecule has 0 bridgehead atoms. The number of aryl methyl sites for hydroxylation is 1. The first kappa shape index (κ1) is 6.28. The van der Waals surface area contributed by atoms with Gasteiger partial charge in [0.25, 0.3) is 0 Å². The average molecular weight is 146 g/mol. The minimum atomic E-state index is 0.834. The van der Waals surface area contributed by atoms with Crippen molar-refractivity contribution in [3.05, 3.63) is 36.0 Å². The van der Waals surface area contributed by atoms with Gasteiger partial charge in [-0.05, 0) is 30.7 Å². The molecule has 0 aliphatic heterocycles. The molecular formula is C9H10N2. The van der Waals surface area contributed by atoms with E-state index in [1.807, 2.05) is 35.7 Å². The van der Waals surface area contributed by atoms with Crippen LogP contribution in [0, 0.1) is 6.92 Å². The molecule has 0 radical (unpaired) electrons. The molecule has 0 amide bonds. The molecule has 0 aliphatic rings. The molecule has 0 aliphatic carbocycles. The summed E-state index contributed by atoms with van der Waals surface area (Å²) in [5.41, 5.74) is 8.09. The van der Waals surface area contributed by atoms with Crippen LogP contribution in [-0.2, 0) is 0 Å². The number of nitrogens with zero attached hydrogens (tertiary/aromatic N) is 1. The standard InChI is InChI=1S/C9H10N2/c1-7-6-8-4-2-3-5-11(8)9(7)10/h2-6H,10H2,1H3. The normalized spacial score (nSPS) is 10.6. The Bertz CT molecular complexity index is 387. The second-order valence-electron chi connectivity index (χ2n) is 2.71. The van der Waals surface area contributed by atoms with Gasteiger partial charge >= 0.3 is 0 Å². The molecule has 0 saturated heterocycles. The van der Waals surface area contributed by atoms with Crippen molar-refractivity contribution in [3.8, 4) is 0 Å². The number of anilines is 1. The Morgan fingerprint density at radius 1 is 1.36 bits per heavy atom. The fraction of sp³-hybridized carbons (Fsp3) is 0.111. The van der Waals surface area contributed by atoms with Crippen molar-refractivity contribution in [1.82, 2.24) is 4.40 Å². The van der Waals surface area contributed by atoms with Crippen LogP contribution in [0.25, 0.3) is 5.52 Å². The Balaban J connectivity index is 2.92. The van der Waals surface area contributed by atoms with Crippen LogP contribution in [0.4, 0.5) is 5.82 Å². The molecule has 2 aromatic heterocycles. The van der Waals surface area contributed by atoms with Crippen molar-refractivity contribution in [2.75, 3.05) is 5.73 Å². The lowest BCUT2D eigenvalue weighted by molar-refractivity contribution is 1.20. The van der Waals surface area contributed by atoms with Gasteiger partial charge in [-0.2, -0.15) is 0 Å². The molecule has 0 aromatic carbocycles. The lowest BCUT2D eigenvalue weighted by Crippen LogP contribution is -1.92. The van der Waals surface area contributed by atoms with Crippen LogP contribution < -0.4 is 5.73 Å². The Morgan fingerprint density at radius 3 is 2.91 bits per heavy atom. The van der Waals surface area contributed by atoms with E-state index in [2.05, 4.69) is 6.07 Å². The minimum absolute atomic E-state index is 0.834. The van der Waals surface area contributed by atoms with E-state index in [-0.39, 0.29) is 0 Å². The topological polar surface area (TPSA) is 30.4 Å². The molecule has 0 fully saturated rings. The van der Waals surface area contributed by atoms with Gasteiger partial charge in [-0.1, -0.05) is 6.07 Å². The van der Waals surface area contributed by atoms with Crippen molar-refractivity contribution in [2.45, 2.75) is 6.92 Å². The van der Waals surface area contributed by atoms with Gasteiger partial charge in [0, 0.05) is 11.7 Å². The number of nitrogen functional groups attached to an aromatic ring is 1. The molecule has 2 N–H and O–H groups in total. The summed E-state index contributed by atoms with van der Waals surface area (Å²) in [6.07, 6.45) is 1.97. The summed E-state index contributed by atoms with van der Waals surface area (Å²) in [6, 6.07) is 8.11. The summed E-state index contributed by atoms with van der Waals surface area (Å²) < 4.78 is 1.98. The van der Waals surface area contributed by atoms with Gasteiger partial charge in [0.05, 0.1) is 0 Å². The SMILES string of the molecule is Cc1cc2ccccn2c1N. The van der Waals surface area contributed by atoms with E-state index >= 15 is 0 Å². The third-order valence-corrected chi connectivity index (χ3v) is 1.92. The van der Waals surface area contributed by atoms with Crippen molar-refractivity contribution >= 4 is 11.3 Å². The highest BCUT2D eigenvalue weighted by atomic mass is 15.0. The van der Waals surface area contributed by atoms with E-state index < -0.39 is 0 Å². The average Bonchev–Trinajstić information content (AvgIpc) is 2.30. The van der Waals surface area contributed by atoms with E-state index in [0.717, 1.165) is 16.9 Å². The first-order valence-corrected chi connectivity index (χ1v) is 3.61. The first-order valence-electron chi connectivity index (χ1n) is 3.61. The van der Waals surface area contributed by atoms with Crippen LogP contribution in [0.5, 0.6) is 0 Å². The molecule has 2 heteroatoms. The zero-order valence-electron chi connectivity index (χ0n) is 6.41. The van der Waals surface area contributed by atoms with E-state index in [4.69, 9.17) is 5.73 Å². The second-order valence-corrected chi connectivity index (χ2v) is 2.71. The molecule has 2 rings (SSSR count). The zero-order valence-corrected chi connectivity index (χ0v) is 6.41. The number of nitrogens with two attached hydrogens (primary N) is 1. The lowest BCUT2D eigenvalue weighted by atomic mass is 10.3. The lowest BCUT2D eigenvalue weighted by Gasteiger charge is -1.95. The summed E-state index contributed by atoms with van der Waals surface area (Å²) >= 11 is 0. The van der Waals surface area contributed by atoms with Gasteiger partial charge in [-0.25, -0.2) is 0 Å². The number of hydrogen-bond acceptors (Lipinski definition) is 1. The van der Waals surface area contributed by atoms with E-state index in [0.29, 0.717) is 0 Å². The molecule has 11 heavy (non-hydrogen) atoms. The maximum atomic E-state index is 5.80. The molecule has 0 atom stereocenters. The second kappa shape index (κ2) is 2.02. The highest BCUT2D eigenvalue weighted by molar-refractivity contribution is 5.60. The monoisotopic (exact) mass is 146 g/mol. The number of pyridine rings is 1. The van der Waals surface area contributed by atoms with Gasteiger partial charge in [0.15, 0.2) is 0 Å². The number of rotatable bonds is 0. The van der Waals surface area contributed by atoms with Crippen LogP contribution >= 0.6 is 0 Å². The highest BCUT2D eigenvalue weighted by Crippen LogP contribution is 2.16. The zero-order chi connectivity index (χ0) is 7.84. The Kier molecular flexibility index (Phi) is 1.15. The fourth-order valence-corrected chi connectivity index (χ4v) is 1.28. The van der Waals surface area contributed by atoms with Gasteiger partial charge < -0.3 is 10.1 Å². The van der Waals surface area contributed by atoms with Gasteiger partial charge in [-0.15, -0.1) is 0 Å². The van der Waals surface area contributed by atoms with Crippen LogP contribution in [0.15, 0.2) is 30.5 Å². The molecule has 2 heterocycles. The maximum Gasteiger partial charge on any atom is 0.110 e. The van der Waals surface area contributed by atoms with Gasteiger partial charge in [-0.3, -0.25) is 0 Å². The molecule has 0 spiro atoms. The summed E-state index contributed by atoms with van der Waals surface area (Å²) in [7, 11) is 0. The Morgan fingerprint density at radius 2 is 2.18 bits per heavy atom. The van der Waals surface area contributed by atoms with Crippen LogP contribution in [0.1, 0.15) is 5.56 Å². The molecular weight excluding hydrogens is 136 g/mol. The predicted octanol–water partition coefficient (Wildman–Crippen LogP) is 1.83. The van der Waals surface area contributed by atoms with Crippen molar-refractivity contribution in [1.29, 1.82) is 0 Å². The summed E-state index contributed by atoms with van der Waals surface area (Å²) in [5, 5.41) is 0. The smallest absolute Gasteiger partial charge is 0.110 e. The molecule has 0 unspecified atom stereocenters. The van der Waals surface area contributed by atoms with Crippen LogP contribution in [0.2, 0.25) is 0 Å². The van der Waals surface area contributed by atoms with Crippen LogP contribution in [0.3, 0.4) is 0 Å². The third kappa shape index (κ3) is 0.792. The molecule has 56 valence electrons. The van der Waals surface area contributed by atoms with E-state index in [1.165, 1.54) is 0 Å².